The van der Waals surface area contributed by atoms with E-state index in [1.54, 1.807) is 11.3 Å². The Balaban J connectivity index is 2.19. The van der Waals surface area contributed by atoms with Crippen molar-refractivity contribution in [2.45, 2.75) is 0 Å². The zero-order valence-corrected chi connectivity index (χ0v) is 9.31. The molecule has 2 N–H and O–H groups in total. The van der Waals surface area contributed by atoms with E-state index in [9.17, 15) is 0 Å². The van der Waals surface area contributed by atoms with Crippen LogP contribution in [0.2, 0.25) is 0 Å². The molecular weight excluding hydrogens is 226 g/mol. The molecule has 2 aromatic heterocycles. The summed E-state index contributed by atoms with van der Waals surface area (Å²) in [6, 6.07) is 10.4. The summed E-state index contributed by atoms with van der Waals surface area (Å²) in [4.78, 5) is 1.13. The minimum absolute atomic E-state index is 0.516. The summed E-state index contributed by atoms with van der Waals surface area (Å²) in [6.45, 7) is 0. The van der Waals surface area contributed by atoms with E-state index >= 15 is 0 Å². The number of anilines is 1. The molecule has 0 amide bonds. The Hall–Kier alpha value is -1.46. The van der Waals surface area contributed by atoms with Crippen LogP contribution in [-0.4, -0.2) is 10.2 Å². The second-order valence-electron chi connectivity index (χ2n) is 3.09. The molecule has 0 saturated heterocycles. The molecule has 0 fully saturated rings. The highest BCUT2D eigenvalue weighted by molar-refractivity contribution is 7.26. The molecule has 0 saturated carbocycles. The largest absolute Gasteiger partial charge is 0.374 e. The van der Waals surface area contributed by atoms with E-state index < -0.39 is 0 Å². The molecule has 74 valence electrons. The van der Waals surface area contributed by atoms with Gasteiger partial charge in [0.05, 0.1) is 4.88 Å². The first-order valence-corrected chi connectivity index (χ1v) is 6.04. The maximum Gasteiger partial charge on any atom is 0.203 e. The van der Waals surface area contributed by atoms with E-state index in [1.165, 1.54) is 21.4 Å². The van der Waals surface area contributed by atoms with Crippen molar-refractivity contribution in [3.63, 3.8) is 0 Å². The van der Waals surface area contributed by atoms with Crippen molar-refractivity contribution in [1.29, 1.82) is 0 Å². The third kappa shape index (κ3) is 1.49. The van der Waals surface area contributed by atoms with Crippen molar-refractivity contribution < 1.29 is 0 Å². The van der Waals surface area contributed by atoms with Gasteiger partial charge in [-0.25, -0.2) is 0 Å². The van der Waals surface area contributed by atoms with Crippen molar-refractivity contribution in [3.05, 3.63) is 30.3 Å². The minimum atomic E-state index is 0.516. The third-order valence-electron chi connectivity index (χ3n) is 2.08. The average molecular weight is 233 g/mol. The summed E-state index contributed by atoms with van der Waals surface area (Å²) in [6.07, 6.45) is 0. The van der Waals surface area contributed by atoms with Crippen molar-refractivity contribution in [3.8, 4) is 9.88 Å². The molecule has 3 nitrogen and oxygen atoms in total. The first-order valence-electron chi connectivity index (χ1n) is 4.41. The van der Waals surface area contributed by atoms with E-state index in [0.717, 1.165) is 9.88 Å². The van der Waals surface area contributed by atoms with Gasteiger partial charge in [0.25, 0.3) is 0 Å². The van der Waals surface area contributed by atoms with Gasteiger partial charge < -0.3 is 5.73 Å². The topological polar surface area (TPSA) is 51.8 Å². The maximum absolute atomic E-state index is 5.56. The molecule has 2 heterocycles. The van der Waals surface area contributed by atoms with Crippen LogP contribution in [-0.2, 0) is 0 Å². The molecule has 5 heteroatoms. The average Bonchev–Trinajstić information content (AvgIpc) is 2.82. The van der Waals surface area contributed by atoms with Crippen LogP contribution in [0.25, 0.3) is 20.0 Å². The van der Waals surface area contributed by atoms with E-state index in [1.807, 2.05) is 12.1 Å². The fraction of sp³-hybridized carbons (Fsp3) is 0. The van der Waals surface area contributed by atoms with E-state index in [2.05, 4.69) is 28.4 Å². The van der Waals surface area contributed by atoms with Gasteiger partial charge in [0.15, 0.2) is 5.01 Å². The number of hydrogen-bond acceptors (Lipinski definition) is 5. The molecule has 0 aliphatic carbocycles. The number of aromatic nitrogens is 2. The summed E-state index contributed by atoms with van der Waals surface area (Å²) in [5.41, 5.74) is 5.56. The van der Waals surface area contributed by atoms with Gasteiger partial charge in [0.2, 0.25) is 5.13 Å². The summed E-state index contributed by atoms with van der Waals surface area (Å²) in [5, 5.41) is 10.5. The Morgan fingerprint density at radius 3 is 2.67 bits per heavy atom. The number of fused-ring (bicyclic) bond motifs is 1. The molecule has 0 aliphatic heterocycles. The smallest absolute Gasteiger partial charge is 0.203 e. The molecular formula is C10H7N3S2. The van der Waals surface area contributed by atoms with Gasteiger partial charge in [0, 0.05) is 4.70 Å². The Morgan fingerprint density at radius 2 is 1.93 bits per heavy atom. The van der Waals surface area contributed by atoms with Crippen molar-refractivity contribution in [2.24, 2.45) is 0 Å². The lowest BCUT2D eigenvalue weighted by Crippen LogP contribution is -1.79. The van der Waals surface area contributed by atoms with E-state index in [0.29, 0.717) is 5.13 Å². The highest BCUT2D eigenvalue weighted by Gasteiger charge is 2.08. The van der Waals surface area contributed by atoms with Crippen LogP contribution < -0.4 is 5.73 Å². The second kappa shape index (κ2) is 3.29. The number of rotatable bonds is 1. The summed E-state index contributed by atoms with van der Waals surface area (Å²) in [5.74, 6) is 0. The van der Waals surface area contributed by atoms with Gasteiger partial charge >= 0.3 is 0 Å². The standard InChI is InChI=1S/C10H7N3S2/c11-10-13-12-9(15-10)8-5-6-3-1-2-4-7(6)14-8/h1-5H,(H2,11,13). The minimum Gasteiger partial charge on any atom is -0.374 e. The number of thiophene rings is 1. The first kappa shape index (κ1) is 8.82. The zero-order chi connectivity index (χ0) is 10.3. The molecule has 3 aromatic rings. The highest BCUT2D eigenvalue weighted by atomic mass is 32.1. The van der Waals surface area contributed by atoms with Gasteiger partial charge in [-0.1, -0.05) is 29.5 Å². The van der Waals surface area contributed by atoms with Crippen LogP contribution in [0.3, 0.4) is 0 Å². The quantitative estimate of drug-likeness (QED) is 0.703. The lowest BCUT2D eigenvalue weighted by molar-refractivity contribution is 1.11. The first-order chi connectivity index (χ1) is 7.33. The van der Waals surface area contributed by atoms with Gasteiger partial charge in [-0.05, 0) is 17.5 Å². The molecule has 0 aliphatic rings. The Kier molecular flexibility index (Phi) is 1.93. The maximum atomic E-state index is 5.56. The lowest BCUT2D eigenvalue weighted by Gasteiger charge is -1.82. The van der Waals surface area contributed by atoms with Crippen LogP contribution in [0.5, 0.6) is 0 Å². The predicted molar refractivity (Wildman–Crippen MR) is 65.1 cm³/mol. The molecule has 0 radical (unpaired) electrons. The molecule has 15 heavy (non-hydrogen) atoms. The van der Waals surface area contributed by atoms with Crippen molar-refractivity contribution in [1.82, 2.24) is 10.2 Å². The Morgan fingerprint density at radius 1 is 1.07 bits per heavy atom. The number of benzene rings is 1. The van der Waals surface area contributed by atoms with Crippen molar-refractivity contribution in [2.75, 3.05) is 5.73 Å². The summed E-state index contributed by atoms with van der Waals surface area (Å²) < 4.78 is 1.27. The monoisotopic (exact) mass is 233 g/mol. The van der Waals surface area contributed by atoms with Gasteiger partial charge in [-0.15, -0.1) is 21.5 Å². The SMILES string of the molecule is Nc1nnc(-c2cc3ccccc3s2)s1. The van der Waals surface area contributed by atoms with E-state index in [-0.39, 0.29) is 0 Å². The Bertz CT molecular complexity index is 579. The van der Waals surface area contributed by atoms with Gasteiger partial charge in [0.1, 0.15) is 0 Å². The number of nitrogens with zero attached hydrogens (tertiary/aromatic N) is 2. The normalized spacial score (nSPS) is 10.9. The molecule has 0 bridgehead atoms. The third-order valence-corrected chi connectivity index (χ3v) is 4.11. The molecule has 0 atom stereocenters. The number of hydrogen-bond donors (Lipinski definition) is 1. The van der Waals surface area contributed by atoms with Crippen molar-refractivity contribution >= 4 is 37.9 Å². The number of nitrogens with two attached hydrogens (primary N) is 1. The van der Waals surface area contributed by atoms with Crippen LogP contribution >= 0.6 is 22.7 Å². The highest BCUT2D eigenvalue weighted by Crippen LogP contribution is 2.35. The van der Waals surface area contributed by atoms with Gasteiger partial charge in [-0.3, -0.25) is 0 Å². The lowest BCUT2D eigenvalue weighted by atomic mass is 10.2. The fourth-order valence-corrected chi connectivity index (χ4v) is 3.13. The van der Waals surface area contributed by atoms with Crippen LogP contribution in [0.1, 0.15) is 0 Å². The van der Waals surface area contributed by atoms with Gasteiger partial charge in [-0.2, -0.15) is 0 Å². The number of nitrogen functional groups attached to an aromatic ring is 1. The zero-order valence-electron chi connectivity index (χ0n) is 7.68. The molecule has 0 unspecified atom stereocenters. The van der Waals surface area contributed by atoms with Crippen LogP contribution in [0.15, 0.2) is 30.3 Å². The van der Waals surface area contributed by atoms with Crippen LogP contribution in [0.4, 0.5) is 5.13 Å². The van der Waals surface area contributed by atoms with Crippen LogP contribution in [0, 0.1) is 0 Å². The molecule has 0 spiro atoms. The summed E-state index contributed by atoms with van der Waals surface area (Å²) >= 11 is 3.14. The molecule has 3 rings (SSSR count). The van der Waals surface area contributed by atoms with E-state index in [4.69, 9.17) is 5.73 Å². The second-order valence-corrected chi connectivity index (χ2v) is 5.19. The Labute approximate surface area is 94.2 Å². The molecule has 1 aromatic carbocycles. The predicted octanol–water partition coefficient (Wildman–Crippen LogP) is 3.00. The summed E-state index contributed by atoms with van der Waals surface area (Å²) in [7, 11) is 0. The fourth-order valence-electron chi connectivity index (χ4n) is 1.42.